The van der Waals surface area contributed by atoms with Crippen molar-refractivity contribution >= 4 is 23.0 Å². The number of aryl methyl sites for hydroxylation is 2. The SMILES string of the molecule is Cc1ccc(N2C(=S)N[C@H](c3ccccn3)[C@@H]2c2cc(C)n(C3CCCCC3)c2C)cc1. The third-order valence-corrected chi connectivity index (χ3v) is 7.51. The molecule has 2 aliphatic rings. The van der Waals surface area contributed by atoms with E-state index < -0.39 is 0 Å². The van der Waals surface area contributed by atoms with Crippen molar-refractivity contribution in [1.82, 2.24) is 14.9 Å². The van der Waals surface area contributed by atoms with Gasteiger partial charge in [-0.2, -0.15) is 0 Å². The van der Waals surface area contributed by atoms with Gasteiger partial charge in [0, 0.05) is 29.3 Å². The molecule has 5 rings (SSSR count). The first-order chi connectivity index (χ1) is 15.5. The van der Waals surface area contributed by atoms with Crippen molar-refractivity contribution in [3.8, 4) is 0 Å². The Morgan fingerprint density at radius 1 is 0.969 bits per heavy atom. The lowest BCUT2D eigenvalue weighted by molar-refractivity contribution is 0.345. The molecule has 0 bridgehead atoms. The first kappa shape index (κ1) is 21.2. The molecule has 1 aliphatic carbocycles. The lowest BCUT2D eigenvalue weighted by Crippen LogP contribution is -2.29. The molecule has 3 aromatic rings. The molecule has 2 aromatic heterocycles. The molecule has 0 unspecified atom stereocenters. The zero-order valence-corrected chi connectivity index (χ0v) is 20.0. The molecule has 4 nitrogen and oxygen atoms in total. The molecule has 0 radical (unpaired) electrons. The maximum Gasteiger partial charge on any atom is 0.174 e. The van der Waals surface area contributed by atoms with E-state index in [2.05, 4.69) is 78.0 Å². The van der Waals surface area contributed by atoms with Crippen LogP contribution in [0.4, 0.5) is 5.69 Å². The highest BCUT2D eigenvalue weighted by Crippen LogP contribution is 2.44. The quantitative estimate of drug-likeness (QED) is 0.466. The minimum atomic E-state index is 0.00492. The highest BCUT2D eigenvalue weighted by atomic mass is 32.1. The summed E-state index contributed by atoms with van der Waals surface area (Å²) in [5.41, 5.74) is 7.46. The van der Waals surface area contributed by atoms with E-state index in [-0.39, 0.29) is 12.1 Å². The summed E-state index contributed by atoms with van der Waals surface area (Å²) < 4.78 is 2.60. The lowest BCUT2D eigenvalue weighted by Gasteiger charge is -2.30. The molecule has 5 heteroatoms. The summed E-state index contributed by atoms with van der Waals surface area (Å²) in [5, 5.41) is 4.36. The number of aromatic nitrogens is 2. The van der Waals surface area contributed by atoms with Crippen molar-refractivity contribution in [2.75, 3.05) is 4.90 Å². The number of hydrogen-bond donors (Lipinski definition) is 1. The zero-order chi connectivity index (χ0) is 22.2. The third kappa shape index (κ3) is 3.73. The topological polar surface area (TPSA) is 33.1 Å². The smallest absolute Gasteiger partial charge is 0.174 e. The maximum atomic E-state index is 5.90. The van der Waals surface area contributed by atoms with E-state index in [1.807, 2.05) is 12.3 Å². The molecule has 2 atom stereocenters. The Hall–Kier alpha value is -2.66. The maximum absolute atomic E-state index is 5.90. The summed E-state index contributed by atoms with van der Waals surface area (Å²) in [7, 11) is 0. The third-order valence-electron chi connectivity index (χ3n) is 7.19. The van der Waals surface area contributed by atoms with Crippen LogP contribution in [0.5, 0.6) is 0 Å². The number of pyridine rings is 1. The van der Waals surface area contributed by atoms with Crippen molar-refractivity contribution in [3.63, 3.8) is 0 Å². The summed E-state index contributed by atoms with van der Waals surface area (Å²) in [6.45, 7) is 6.68. The Labute approximate surface area is 196 Å². The Morgan fingerprint density at radius 2 is 1.72 bits per heavy atom. The Bertz CT molecular complexity index is 1100. The van der Waals surface area contributed by atoms with Gasteiger partial charge in [0.2, 0.25) is 0 Å². The second kappa shape index (κ2) is 8.70. The standard InChI is InChI=1S/C27H32N4S/c1-18-12-14-22(15-13-18)31-26(25(29-27(31)32)24-11-7-8-16-28-24)23-17-19(2)30(20(23)3)21-9-5-4-6-10-21/h7-8,11-17,21,25-26H,4-6,9-10H2,1-3H3,(H,29,32)/t25-,26+/m1/s1. The Kier molecular flexibility index (Phi) is 5.76. The number of thiocarbonyl (C=S) groups is 1. The fourth-order valence-corrected chi connectivity index (χ4v) is 6.00. The number of hydrogen-bond acceptors (Lipinski definition) is 2. The van der Waals surface area contributed by atoms with Gasteiger partial charge < -0.3 is 14.8 Å². The van der Waals surface area contributed by atoms with Crippen molar-refractivity contribution < 1.29 is 0 Å². The van der Waals surface area contributed by atoms with Gasteiger partial charge in [0.1, 0.15) is 0 Å². The fraction of sp³-hybridized carbons (Fsp3) is 0.407. The van der Waals surface area contributed by atoms with E-state index >= 15 is 0 Å². The van der Waals surface area contributed by atoms with Gasteiger partial charge in [-0.05, 0) is 81.7 Å². The minimum absolute atomic E-state index is 0.00492. The second-order valence-electron chi connectivity index (χ2n) is 9.32. The molecule has 1 saturated carbocycles. The monoisotopic (exact) mass is 444 g/mol. The first-order valence-electron chi connectivity index (χ1n) is 11.8. The van der Waals surface area contributed by atoms with Crippen LogP contribution in [-0.4, -0.2) is 14.7 Å². The lowest BCUT2D eigenvalue weighted by atomic mass is 9.94. The van der Waals surface area contributed by atoms with Gasteiger partial charge in [0.15, 0.2) is 5.11 Å². The minimum Gasteiger partial charge on any atom is -0.351 e. The van der Waals surface area contributed by atoms with E-state index in [0.717, 1.165) is 16.5 Å². The van der Waals surface area contributed by atoms with Gasteiger partial charge in [-0.15, -0.1) is 0 Å². The first-order valence-corrected chi connectivity index (χ1v) is 12.2. The Balaban J connectivity index is 1.62. The average molecular weight is 445 g/mol. The number of nitrogens with one attached hydrogen (secondary N) is 1. The molecule has 1 saturated heterocycles. The van der Waals surface area contributed by atoms with Crippen molar-refractivity contribution in [2.24, 2.45) is 0 Å². The normalized spacial score (nSPS) is 21.7. The van der Waals surface area contributed by atoms with Crippen LogP contribution >= 0.6 is 12.2 Å². The highest BCUT2D eigenvalue weighted by molar-refractivity contribution is 7.80. The molecule has 32 heavy (non-hydrogen) atoms. The summed E-state index contributed by atoms with van der Waals surface area (Å²) in [6, 6.07) is 17.9. The van der Waals surface area contributed by atoms with Gasteiger partial charge in [0.25, 0.3) is 0 Å². The van der Waals surface area contributed by atoms with E-state index in [9.17, 15) is 0 Å². The average Bonchev–Trinajstić information content (AvgIpc) is 3.31. The van der Waals surface area contributed by atoms with Crippen LogP contribution in [-0.2, 0) is 0 Å². The van der Waals surface area contributed by atoms with Crippen LogP contribution < -0.4 is 10.2 Å². The van der Waals surface area contributed by atoms with Crippen LogP contribution in [0.2, 0.25) is 0 Å². The van der Waals surface area contributed by atoms with Gasteiger partial charge in [-0.25, -0.2) is 0 Å². The van der Waals surface area contributed by atoms with Crippen LogP contribution in [0.25, 0.3) is 0 Å². The summed E-state index contributed by atoms with van der Waals surface area (Å²) in [5.74, 6) is 0. The molecule has 3 heterocycles. The van der Waals surface area contributed by atoms with Crippen LogP contribution in [0.1, 0.15) is 78.4 Å². The molecule has 1 aliphatic heterocycles. The molecule has 1 N–H and O–H groups in total. The van der Waals surface area contributed by atoms with Crippen LogP contribution in [0.15, 0.2) is 54.7 Å². The summed E-state index contributed by atoms with van der Waals surface area (Å²) >= 11 is 5.90. The van der Waals surface area contributed by atoms with E-state index in [1.165, 1.54) is 54.6 Å². The fourth-order valence-electron chi connectivity index (χ4n) is 5.66. The number of rotatable bonds is 4. The Morgan fingerprint density at radius 3 is 2.41 bits per heavy atom. The molecule has 1 aromatic carbocycles. The largest absolute Gasteiger partial charge is 0.351 e. The summed E-state index contributed by atoms with van der Waals surface area (Å²) in [4.78, 5) is 7.00. The second-order valence-corrected chi connectivity index (χ2v) is 9.71. The van der Waals surface area contributed by atoms with Gasteiger partial charge in [-0.1, -0.05) is 43.0 Å². The van der Waals surface area contributed by atoms with Crippen molar-refractivity contribution in [3.05, 3.63) is 82.9 Å². The molecule has 166 valence electrons. The van der Waals surface area contributed by atoms with Crippen LogP contribution in [0, 0.1) is 20.8 Å². The molecule has 0 amide bonds. The molecular formula is C27H32N4S. The van der Waals surface area contributed by atoms with Gasteiger partial charge >= 0.3 is 0 Å². The van der Waals surface area contributed by atoms with E-state index in [0.29, 0.717) is 6.04 Å². The predicted octanol–water partition coefficient (Wildman–Crippen LogP) is 6.49. The number of benzene rings is 1. The molecule has 0 spiro atoms. The zero-order valence-electron chi connectivity index (χ0n) is 19.2. The van der Waals surface area contributed by atoms with Gasteiger partial charge in [-0.3, -0.25) is 4.98 Å². The van der Waals surface area contributed by atoms with Crippen molar-refractivity contribution in [2.45, 2.75) is 71.0 Å². The van der Waals surface area contributed by atoms with Gasteiger partial charge in [0.05, 0.1) is 17.8 Å². The number of nitrogens with zero attached hydrogens (tertiary/aromatic N) is 3. The number of anilines is 1. The van der Waals surface area contributed by atoms with E-state index in [4.69, 9.17) is 17.2 Å². The van der Waals surface area contributed by atoms with E-state index in [1.54, 1.807) is 0 Å². The molecule has 2 fully saturated rings. The molecular weight excluding hydrogens is 412 g/mol. The summed E-state index contributed by atoms with van der Waals surface area (Å²) in [6.07, 6.45) is 8.46. The van der Waals surface area contributed by atoms with Crippen LogP contribution in [0.3, 0.4) is 0 Å². The van der Waals surface area contributed by atoms with Crippen molar-refractivity contribution in [1.29, 1.82) is 0 Å². The highest BCUT2D eigenvalue weighted by Gasteiger charge is 2.42. The predicted molar refractivity (Wildman–Crippen MR) is 135 cm³/mol.